The molecule has 0 aliphatic carbocycles. The molecule has 39 heavy (non-hydrogen) atoms. The number of anilines is 1. The number of ether oxygens (including phenoxy) is 1. The molecule has 0 radical (unpaired) electrons. The van der Waals surface area contributed by atoms with E-state index in [1.54, 1.807) is 61.5 Å². The number of para-hydroxylation sites is 1. The predicted molar refractivity (Wildman–Crippen MR) is 153 cm³/mol. The summed E-state index contributed by atoms with van der Waals surface area (Å²) < 4.78 is 35.0. The number of sulfonamides is 1. The van der Waals surface area contributed by atoms with E-state index in [-0.39, 0.29) is 17.3 Å². The van der Waals surface area contributed by atoms with Crippen molar-refractivity contribution in [1.82, 2.24) is 9.97 Å². The van der Waals surface area contributed by atoms with Gasteiger partial charge in [0, 0.05) is 23.6 Å². The number of nitrogen functional groups attached to an aromatic ring is 1. The zero-order chi connectivity index (χ0) is 27.6. The summed E-state index contributed by atoms with van der Waals surface area (Å²) in [7, 11) is -4.20. The van der Waals surface area contributed by atoms with Crippen molar-refractivity contribution < 1.29 is 17.9 Å². The molecule has 0 saturated carbocycles. The monoisotopic (exact) mass is 559 g/mol. The maximum atomic E-state index is 14.0. The number of pyridine rings is 1. The van der Waals surface area contributed by atoms with Crippen LogP contribution in [0.1, 0.15) is 23.1 Å². The molecule has 0 spiro atoms. The van der Waals surface area contributed by atoms with Gasteiger partial charge in [-0.15, -0.1) is 11.3 Å². The molecule has 0 aliphatic rings. The molecular weight excluding hydrogens is 534 g/mol. The number of nitrogens with one attached hydrogen (secondary N) is 1. The fourth-order valence-electron chi connectivity index (χ4n) is 4.21. The van der Waals surface area contributed by atoms with Crippen LogP contribution >= 0.6 is 11.3 Å². The van der Waals surface area contributed by atoms with Crippen LogP contribution in [0.25, 0.3) is 21.1 Å². The molecule has 198 valence electrons. The smallest absolute Gasteiger partial charge is 0.326 e. The highest BCUT2D eigenvalue weighted by atomic mass is 32.2. The lowest BCUT2D eigenvalue weighted by Crippen LogP contribution is -2.36. The minimum absolute atomic E-state index is 0.00188. The molecule has 2 heterocycles. The van der Waals surface area contributed by atoms with Gasteiger partial charge in [-0.25, -0.2) is 13.4 Å². The van der Waals surface area contributed by atoms with E-state index in [2.05, 4.69) is 4.98 Å². The Morgan fingerprint density at radius 1 is 1.08 bits per heavy atom. The summed E-state index contributed by atoms with van der Waals surface area (Å²) in [6, 6.07) is 21.0. The van der Waals surface area contributed by atoms with E-state index in [1.807, 2.05) is 12.1 Å². The zero-order valence-electron chi connectivity index (χ0n) is 21.0. The summed E-state index contributed by atoms with van der Waals surface area (Å²) in [6.45, 7) is 1.30. The summed E-state index contributed by atoms with van der Waals surface area (Å²) in [4.78, 5) is 21.6. The Balaban J connectivity index is 1.53. The van der Waals surface area contributed by atoms with E-state index < -0.39 is 22.5 Å². The Morgan fingerprint density at radius 3 is 2.59 bits per heavy atom. The number of carbonyl (C=O) groups is 1. The van der Waals surface area contributed by atoms with Crippen LogP contribution in [0.15, 0.2) is 83.9 Å². The highest BCUT2D eigenvalue weighted by molar-refractivity contribution is 7.93. The fraction of sp³-hybridized carbons (Fsp3) is 0.143. The van der Waals surface area contributed by atoms with E-state index in [0.29, 0.717) is 34.1 Å². The number of hydrogen-bond acceptors (Lipinski definition) is 8. The van der Waals surface area contributed by atoms with Gasteiger partial charge in [0.05, 0.1) is 33.0 Å². The van der Waals surface area contributed by atoms with Gasteiger partial charge in [0.1, 0.15) is 17.3 Å². The van der Waals surface area contributed by atoms with Gasteiger partial charge < -0.3 is 10.5 Å². The van der Waals surface area contributed by atoms with E-state index >= 15 is 0 Å². The number of nitrogens with zero attached hydrogens (tertiary/aromatic N) is 3. The predicted octanol–water partition coefficient (Wildman–Crippen LogP) is 4.48. The van der Waals surface area contributed by atoms with Crippen LogP contribution in [0.5, 0.6) is 0 Å². The number of hydrogen-bond donors (Lipinski definition) is 2. The fourth-order valence-corrected chi connectivity index (χ4v) is 6.76. The van der Waals surface area contributed by atoms with Crippen molar-refractivity contribution in [3.63, 3.8) is 0 Å². The third kappa shape index (κ3) is 5.45. The van der Waals surface area contributed by atoms with Crippen molar-refractivity contribution in [1.29, 1.82) is 5.41 Å². The Labute approximate surface area is 229 Å². The molecular formula is C28H25N5O4S2. The highest BCUT2D eigenvalue weighted by Crippen LogP contribution is 2.32. The number of thiazole rings is 1. The third-order valence-corrected chi connectivity index (χ3v) is 8.91. The Bertz CT molecular complexity index is 1800. The second kappa shape index (κ2) is 10.8. The first kappa shape index (κ1) is 26.3. The van der Waals surface area contributed by atoms with E-state index in [4.69, 9.17) is 20.9 Å². The molecule has 0 fully saturated rings. The zero-order valence-corrected chi connectivity index (χ0v) is 22.6. The maximum absolute atomic E-state index is 14.0. The molecule has 5 rings (SSSR count). The van der Waals surface area contributed by atoms with Gasteiger partial charge in [0.15, 0.2) is 0 Å². The van der Waals surface area contributed by atoms with Crippen LogP contribution in [0.3, 0.4) is 0 Å². The SMILES string of the molecule is CCOC(=O)CN(c1ccc2sc(Cc3ccc(C(=N)N)cc3)nc2c1)S(=O)(=O)c1cccc2cccnc12. The van der Waals surface area contributed by atoms with Crippen molar-refractivity contribution >= 4 is 60.0 Å². The summed E-state index contributed by atoms with van der Waals surface area (Å²) in [5.74, 6) is -0.655. The second-order valence-electron chi connectivity index (χ2n) is 8.69. The molecule has 0 saturated heterocycles. The first-order valence-corrected chi connectivity index (χ1v) is 14.4. The highest BCUT2D eigenvalue weighted by Gasteiger charge is 2.30. The molecule has 0 amide bonds. The minimum atomic E-state index is -4.20. The lowest BCUT2D eigenvalue weighted by molar-refractivity contribution is -0.141. The molecule has 0 atom stereocenters. The molecule has 9 nitrogen and oxygen atoms in total. The molecule has 5 aromatic rings. The van der Waals surface area contributed by atoms with Gasteiger partial charge in [-0.1, -0.05) is 42.5 Å². The normalized spacial score (nSPS) is 11.5. The van der Waals surface area contributed by atoms with Crippen LogP contribution in [-0.2, 0) is 26.0 Å². The average molecular weight is 560 g/mol. The van der Waals surface area contributed by atoms with Crippen LogP contribution in [0, 0.1) is 5.41 Å². The van der Waals surface area contributed by atoms with Crippen LogP contribution in [0.4, 0.5) is 5.69 Å². The minimum Gasteiger partial charge on any atom is -0.465 e. The van der Waals surface area contributed by atoms with Gasteiger partial charge in [-0.3, -0.25) is 19.5 Å². The molecule has 3 N–H and O–H groups in total. The molecule has 0 bridgehead atoms. The molecule has 11 heteroatoms. The van der Waals surface area contributed by atoms with Gasteiger partial charge in [0.25, 0.3) is 10.0 Å². The lowest BCUT2D eigenvalue weighted by Gasteiger charge is -2.24. The van der Waals surface area contributed by atoms with Gasteiger partial charge in [-0.05, 0) is 42.8 Å². The number of esters is 1. The van der Waals surface area contributed by atoms with Gasteiger partial charge in [-0.2, -0.15) is 0 Å². The third-order valence-electron chi connectivity index (χ3n) is 6.07. The summed E-state index contributed by atoms with van der Waals surface area (Å²) in [5, 5.41) is 9.06. The van der Waals surface area contributed by atoms with E-state index in [1.165, 1.54) is 23.6 Å². The van der Waals surface area contributed by atoms with Crippen LogP contribution in [0.2, 0.25) is 0 Å². The Morgan fingerprint density at radius 2 is 1.85 bits per heavy atom. The molecule has 2 aromatic heterocycles. The van der Waals surface area contributed by atoms with Gasteiger partial charge >= 0.3 is 5.97 Å². The molecule has 0 aliphatic heterocycles. The maximum Gasteiger partial charge on any atom is 0.326 e. The molecule has 3 aromatic carbocycles. The lowest BCUT2D eigenvalue weighted by atomic mass is 10.1. The van der Waals surface area contributed by atoms with Crippen molar-refractivity contribution in [2.75, 3.05) is 17.5 Å². The topological polar surface area (TPSA) is 139 Å². The number of aromatic nitrogens is 2. The Kier molecular flexibility index (Phi) is 7.27. The summed E-state index contributed by atoms with van der Waals surface area (Å²) >= 11 is 1.50. The first-order valence-electron chi connectivity index (χ1n) is 12.1. The van der Waals surface area contributed by atoms with Crippen LogP contribution in [-0.4, -0.2) is 43.3 Å². The van der Waals surface area contributed by atoms with Crippen molar-refractivity contribution in [3.05, 3.63) is 95.1 Å². The average Bonchev–Trinajstić information content (AvgIpc) is 3.33. The number of amidine groups is 1. The van der Waals surface area contributed by atoms with Gasteiger partial charge in [0.2, 0.25) is 0 Å². The van der Waals surface area contributed by atoms with Crippen LogP contribution < -0.4 is 10.0 Å². The largest absolute Gasteiger partial charge is 0.465 e. The first-order chi connectivity index (χ1) is 18.8. The van der Waals surface area contributed by atoms with Crippen molar-refractivity contribution in [2.45, 2.75) is 18.2 Å². The van der Waals surface area contributed by atoms with Crippen molar-refractivity contribution in [3.8, 4) is 0 Å². The summed E-state index contributed by atoms with van der Waals surface area (Å²) in [5.41, 5.74) is 8.44. The quantitative estimate of drug-likeness (QED) is 0.154. The summed E-state index contributed by atoms with van der Waals surface area (Å²) in [6.07, 6.45) is 2.10. The second-order valence-corrected chi connectivity index (χ2v) is 11.6. The number of rotatable bonds is 9. The van der Waals surface area contributed by atoms with E-state index in [9.17, 15) is 13.2 Å². The number of nitrogens with two attached hydrogens (primary N) is 1. The van der Waals surface area contributed by atoms with Crippen molar-refractivity contribution in [2.24, 2.45) is 5.73 Å². The van der Waals surface area contributed by atoms with E-state index in [0.717, 1.165) is 19.6 Å². The Hall–Kier alpha value is -4.35. The number of carbonyl (C=O) groups excluding carboxylic acids is 1. The number of benzene rings is 3. The molecule has 0 unspecified atom stereocenters. The standard InChI is InChI=1S/C28H25N5O4S2/c1-2-37-26(34)17-33(39(35,36)24-7-3-5-19-6-4-14-31-27(19)24)21-12-13-23-22(16-21)32-25(38-23)15-18-8-10-20(11-9-18)28(29)30/h3-14,16H,2,15,17H2,1H3,(H3,29,30). The number of fused-ring (bicyclic) bond motifs is 2.